The summed E-state index contributed by atoms with van der Waals surface area (Å²) in [7, 11) is 0. The maximum atomic E-state index is 11.7. The molecule has 0 N–H and O–H groups in total. The van der Waals surface area contributed by atoms with Crippen LogP contribution in [0.5, 0.6) is 0 Å². The normalized spacial score (nSPS) is 17.8. The topological polar surface area (TPSA) is 20.3 Å². The van der Waals surface area contributed by atoms with Gasteiger partial charge in [-0.2, -0.15) is 0 Å². The van der Waals surface area contributed by atoms with Crippen molar-refractivity contribution in [3.05, 3.63) is 48.0 Å². The molecular formula is C14H17NO. The van der Waals surface area contributed by atoms with Crippen molar-refractivity contribution >= 4 is 5.91 Å². The average Bonchev–Trinajstić information content (AvgIpc) is 2.27. The Hall–Kier alpha value is -1.57. The highest BCUT2D eigenvalue weighted by Gasteiger charge is 2.32. The lowest BCUT2D eigenvalue weighted by molar-refractivity contribution is -0.127. The van der Waals surface area contributed by atoms with Crippen LogP contribution in [-0.4, -0.2) is 17.4 Å². The molecule has 2 heteroatoms. The van der Waals surface area contributed by atoms with Crippen molar-refractivity contribution in [1.29, 1.82) is 0 Å². The second-order valence-corrected chi connectivity index (χ2v) is 4.94. The van der Waals surface area contributed by atoms with Gasteiger partial charge in [0.15, 0.2) is 0 Å². The van der Waals surface area contributed by atoms with Crippen LogP contribution in [0.2, 0.25) is 0 Å². The number of amides is 1. The van der Waals surface area contributed by atoms with Gasteiger partial charge in [-0.3, -0.25) is 4.79 Å². The maximum absolute atomic E-state index is 11.7. The van der Waals surface area contributed by atoms with Gasteiger partial charge in [0.1, 0.15) is 0 Å². The number of hydrogen-bond acceptors (Lipinski definition) is 1. The van der Waals surface area contributed by atoms with E-state index in [9.17, 15) is 4.79 Å². The summed E-state index contributed by atoms with van der Waals surface area (Å²) in [5, 5.41) is 0. The Bertz CT molecular complexity index is 434. The smallest absolute Gasteiger partial charge is 0.246 e. The van der Waals surface area contributed by atoms with E-state index in [2.05, 4.69) is 38.6 Å². The molecule has 0 radical (unpaired) electrons. The first-order valence-electron chi connectivity index (χ1n) is 5.54. The van der Waals surface area contributed by atoms with Crippen LogP contribution in [-0.2, 0) is 16.8 Å². The third kappa shape index (κ3) is 1.75. The number of carbonyl (C=O) groups is 1. The van der Waals surface area contributed by atoms with E-state index in [0.29, 0.717) is 6.54 Å². The minimum absolute atomic E-state index is 0.0163. The number of carbonyl (C=O) groups excluding carboxylic acids is 1. The van der Waals surface area contributed by atoms with Gasteiger partial charge in [0.25, 0.3) is 0 Å². The Balaban J connectivity index is 2.40. The van der Waals surface area contributed by atoms with Gasteiger partial charge >= 0.3 is 0 Å². The second-order valence-electron chi connectivity index (χ2n) is 4.94. The zero-order valence-corrected chi connectivity index (χ0v) is 9.86. The minimum Gasteiger partial charge on any atom is -0.334 e. The molecule has 0 atom stereocenters. The van der Waals surface area contributed by atoms with Crippen LogP contribution >= 0.6 is 0 Å². The van der Waals surface area contributed by atoms with Crippen molar-refractivity contribution in [3.8, 4) is 0 Å². The van der Waals surface area contributed by atoms with E-state index < -0.39 is 0 Å². The molecule has 0 fully saturated rings. The van der Waals surface area contributed by atoms with Gasteiger partial charge < -0.3 is 4.90 Å². The van der Waals surface area contributed by atoms with Crippen LogP contribution < -0.4 is 0 Å². The predicted molar refractivity (Wildman–Crippen MR) is 65.1 cm³/mol. The molecule has 16 heavy (non-hydrogen) atoms. The molecule has 1 amide bonds. The van der Waals surface area contributed by atoms with Crippen molar-refractivity contribution in [1.82, 2.24) is 4.90 Å². The first-order chi connectivity index (χ1) is 7.54. The number of fused-ring (bicyclic) bond motifs is 1. The molecule has 1 aliphatic rings. The Morgan fingerprint density at radius 3 is 2.81 bits per heavy atom. The second kappa shape index (κ2) is 3.78. The molecule has 0 saturated carbocycles. The van der Waals surface area contributed by atoms with Crippen molar-refractivity contribution in [2.45, 2.75) is 25.8 Å². The molecule has 84 valence electrons. The van der Waals surface area contributed by atoms with Crippen LogP contribution in [0.1, 0.15) is 25.0 Å². The van der Waals surface area contributed by atoms with E-state index in [1.165, 1.54) is 17.2 Å². The Morgan fingerprint density at radius 2 is 2.12 bits per heavy atom. The summed E-state index contributed by atoms with van der Waals surface area (Å²) in [6, 6.07) is 8.34. The largest absolute Gasteiger partial charge is 0.334 e. The molecule has 2 rings (SSSR count). The monoisotopic (exact) mass is 215 g/mol. The standard InChI is InChI=1S/C14H17NO/c1-4-13(16)15-9-11-7-5-6-8-12(11)14(2,3)10-15/h4-8H,1,9-10H2,2-3H3. The van der Waals surface area contributed by atoms with Crippen LogP contribution in [0.3, 0.4) is 0 Å². The fourth-order valence-electron chi connectivity index (χ4n) is 2.43. The molecule has 1 aromatic carbocycles. The Labute approximate surface area is 96.6 Å². The lowest BCUT2D eigenvalue weighted by Crippen LogP contribution is -2.44. The molecule has 1 aliphatic heterocycles. The quantitative estimate of drug-likeness (QED) is 0.659. The fourth-order valence-corrected chi connectivity index (χ4v) is 2.43. The Kier molecular flexibility index (Phi) is 2.58. The molecule has 2 nitrogen and oxygen atoms in total. The minimum atomic E-state index is 0.0163. The van der Waals surface area contributed by atoms with Gasteiger partial charge in [0, 0.05) is 18.5 Å². The van der Waals surface area contributed by atoms with E-state index in [4.69, 9.17) is 0 Å². The third-order valence-corrected chi connectivity index (χ3v) is 3.18. The molecule has 0 aromatic heterocycles. The summed E-state index contributed by atoms with van der Waals surface area (Å²) < 4.78 is 0. The van der Waals surface area contributed by atoms with Crippen LogP contribution in [0.25, 0.3) is 0 Å². The van der Waals surface area contributed by atoms with Crippen LogP contribution in [0.4, 0.5) is 0 Å². The van der Waals surface area contributed by atoms with E-state index >= 15 is 0 Å². The van der Waals surface area contributed by atoms with Crippen molar-refractivity contribution < 1.29 is 4.79 Å². The first-order valence-corrected chi connectivity index (χ1v) is 5.54. The summed E-state index contributed by atoms with van der Waals surface area (Å²) in [4.78, 5) is 13.5. The lowest BCUT2D eigenvalue weighted by Gasteiger charge is -2.39. The molecule has 0 bridgehead atoms. The predicted octanol–water partition coefficient (Wildman–Crippen LogP) is 2.49. The van der Waals surface area contributed by atoms with Gasteiger partial charge in [-0.05, 0) is 17.2 Å². The summed E-state index contributed by atoms with van der Waals surface area (Å²) in [5.74, 6) is 0.0163. The SMILES string of the molecule is C=CC(=O)N1Cc2ccccc2C(C)(C)C1. The number of benzene rings is 1. The zero-order valence-electron chi connectivity index (χ0n) is 9.86. The first kappa shape index (κ1) is 10.9. The zero-order chi connectivity index (χ0) is 11.8. The molecular weight excluding hydrogens is 198 g/mol. The fraction of sp³-hybridized carbons (Fsp3) is 0.357. The molecule has 0 aliphatic carbocycles. The highest BCUT2D eigenvalue weighted by molar-refractivity contribution is 5.87. The number of nitrogens with zero attached hydrogens (tertiary/aromatic N) is 1. The lowest BCUT2D eigenvalue weighted by atomic mass is 9.78. The number of hydrogen-bond donors (Lipinski definition) is 0. The average molecular weight is 215 g/mol. The number of rotatable bonds is 1. The van der Waals surface area contributed by atoms with Gasteiger partial charge in [-0.1, -0.05) is 44.7 Å². The highest BCUT2D eigenvalue weighted by atomic mass is 16.2. The van der Waals surface area contributed by atoms with Gasteiger partial charge in [-0.25, -0.2) is 0 Å². The molecule has 1 heterocycles. The highest BCUT2D eigenvalue weighted by Crippen LogP contribution is 2.32. The van der Waals surface area contributed by atoms with Gasteiger partial charge in [0.05, 0.1) is 0 Å². The summed E-state index contributed by atoms with van der Waals surface area (Å²) in [6.07, 6.45) is 1.39. The van der Waals surface area contributed by atoms with Crippen LogP contribution in [0, 0.1) is 0 Å². The van der Waals surface area contributed by atoms with E-state index in [1.54, 1.807) is 0 Å². The van der Waals surface area contributed by atoms with Crippen molar-refractivity contribution in [3.63, 3.8) is 0 Å². The summed E-state index contributed by atoms with van der Waals surface area (Å²) >= 11 is 0. The van der Waals surface area contributed by atoms with Crippen molar-refractivity contribution in [2.75, 3.05) is 6.54 Å². The molecule has 0 saturated heterocycles. The maximum Gasteiger partial charge on any atom is 0.246 e. The summed E-state index contributed by atoms with van der Waals surface area (Å²) in [6.45, 7) is 9.36. The third-order valence-electron chi connectivity index (χ3n) is 3.18. The summed E-state index contributed by atoms with van der Waals surface area (Å²) in [5.41, 5.74) is 2.62. The van der Waals surface area contributed by atoms with E-state index in [1.807, 2.05) is 11.0 Å². The molecule has 0 spiro atoms. The molecule has 1 aromatic rings. The van der Waals surface area contributed by atoms with Crippen molar-refractivity contribution in [2.24, 2.45) is 0 Å². The van der Waals surface area contributed by atoms with E-state index in [-0.39, 0.29) is 11.3 Å². The van der Waals surface area contributed by atoms with E-state index in [0.717, 1.165) is 6.54 Å². The van der Waals surface area contributed by atoms with Gasteiger partial charge in [0.2, 0.25) is 5.91 Å². The van der Waals surface area contributed by atoms with Gasteiger partial charge in [-0.15, -0.1) is 0 Å². The van der Waals surface area contributed by atoms with Crippen LogP contribution in [0.15, 0.2) is 36.9 Å². The Morgan fingerprint density at radius 1 is 1.44 bits per heavy atom. The molecule has 0 unspecified atom stereocenters.